The molecule has 3 aromatic rings. The van der Waals surface area contributed by atoms with Crippen LogP contribution in [0.2, 0.25) is 0 Å². The summed E-state index contributed by atoms with van der Waals surface area (Å²) in [4.78, 5) is 51.5. The number of rotatable bonds is 7. The van der Waals surface area contributed by atoms with Crippen molar-refractivity contribution in [1.82, 2.24) is 10.2 Å². The number of esters is 1. The van der Waals surface area contributed by atoms with Crippen LogP contribution in [0.5, 0.6) is 0 Å². The van der Waals surface area contributed by atoms with E-state index in [0.717, 1.165) is 5.56 Å². The van der Waals surface area contributed by atoms with Crippen molar-refractivity contribution < 1.29 is 28.3 Å². The van der Waals surface area contributed by atoms with Crippen molar-refractivity contribution in [2.24, 2.45) is 0 Å². The monoisotopic (exact) mass is 499 g/mol. The number of anilines is 1. The largest absolute Gasteiger partial charge is 0.465 e. The molecule has 0 spiro atoms. The number of nitrogens with one attached hydrogen (secondary N) is 2. The molecule has 2 heterocycles. The van der Waals surface area contributed by atoms with Crippen molar-refractivity contribution >= 4 is 35.5 Å². The van der Waals surface area contributed by atoms with E-state index in [2.05, 4.69) is 10.6 Å². The number of amides is 3. The zero-order valence-corrected chi connectivity index (χ0v) is 20.3. The zero-order valence-electron chi connectivity index (χ0n) is 20.3. The number of ether oxygens (including phenoxy) is 1. The summed E-state index contributed by atoms with van der Waals surface area (Å²) >= 11 is 0. The van der Waals surface area contributed by atoms with Crippen molar-refractivity contribution in [3.05, 3.63) is 107 Å². The summed E-state index contributed by atoms with van der Waals surface area (Å²) in [5.74, 6) is -1.95. The van der Waals surface area contributed by atoms with Gasteiger partial charge in [-0.3, -0.25) is 14.4 Å². The number of carbonyl (C=O) groups is 4. The van der Waals surface area contributed by atoms with Gasteiger partial charge in [0.05, 0.1) is 31.3 Å². The molecule has 1 aromatic heterocycles. The molecule has 9 nitrogen and oxygen atoms in total. The van der Waals surface area contributed by atoms with E-state index in [1.807, 2.05) is 30.3 Å². The van der Waals surface area contributed by atoms with E-state index in [1.54, 1.807) is 49.4 Å². The molecular weight excluding hydrogens is 474 g/mol. The normalized spacial score (nSPS) is 14.2. The van der Waals surface area contributed by atoms with Crippen LogP contribution in [-0.2, 0) is 37.0 Å². The maximum absolute atomic E-state index is 13.3. The minimum atomic E-state index is -0.825. The molecule has 0 bridgehead atoms. The predicted octanol–water partition coefficient (Wildman–Crippen LogP) is 3.41. The minimum absolute atomic E-state index is 0.0446. The first kappa shape index (κ1) is 25.2. The van der Waals surface area contributed by atoms with Crippen LogP contribution in [0, 0.1) is 0 Å². The Bertz CT molecular complexity index is 1390. The highest BCUT2D eigenvalue weighted by Crippen LogP contribution is 2.33. The number of furan rings is 1. The van der Waals surface area contributed by atoms with Gasteiger partial charge in [-0.2, -0.15) is 0 Å². The standard InChI is InChI=1S/C28H25N3O6/c1-18-24(28(35)36-2)23(27(34)31(18)17-19-9-5-3-6-10-19)15-21-13-14-22(37-21)16-29-25(32)26(33)30-20-11-7-4-8-12-20/h3-15H,16-17H2,1-2H3,(H,29,32)(H,30,33)/b23-15+. The van der Waals surface area contributed by atoms with Crippen molar-refractivity contribution in [3.63, 3.8) is 0 Å². The van der Waals surface area contributed by atoms with E-state index in [9.17, 15) is 19.2 Å². The Kier molecular flexibility index (Phi) is 7.63. The zero-order chi connectivity index (χ0) is 26.4. The average Bonchev–Trinajstić information content (AvgIpc) is 3.46. The van der Waals surface area contributed by atoms with E-state index in [-0.39, 0.29) is 23.6 Å². The predicted molar refractivity (Wildman–Crippen MR) is 135 cm³/mol. The molecule has 0 saturated carbocycles. The first-order chi connectivity index (χ1) is 17.9. The third-order valence-corrected chi connectivity index (χ3v) is 5.71. The molecule has 2 aromatic carbocycles. The van der Waals surface area contributed by atoms with E-state index in [1.165, 1.54) is 18.1 Å². The summed E-state index contributed by atoms with van der Waals surface area (Å²) in [5.41, 5.74) is 2.20. The second-order valence-corrected chi connectivity index (χ2v) is 8.19. The molecule has 1 aliphatic heterocycles. The molecule has 3 amide bonds. The van der Waals surface area contributed by atoms with E-state index < -0.39 is 17.8 Å². The van der Waals surface area contributed by atoms with Crippen LogP contribution in [0.15, 0.2) is 94.1 Å². The lowest BCUT2D eigenvalue weighted by Gasteiger charge is -2.17. The highest BCUT2D eigenvalue weighted by atomic mass is 16.5. The van der Waals surface area contributed by atoms with Gasteiger partial charge < -0.3 is 24.7 Å². The first-order valence-electron chi connectivity index (χ1n) is 11.5. The van der Waals surface area contributed by atoms with Crippen molar-refractivity contribution in [2.45, 2.75) is 20.0 Å². The second-order valence-electron chi connectivity index (χ2n) is 8.19. The van der Waals surface area contributed by atoms with Gasteiger partial charge in [-0.15, -0.1) is 0 Å². The molecule has 0 radical (unpaired) electrons. The number of nitrogens with zero attached hydrogens (tertiary/aromatic N) is 1. The molecular formula is C28H25N3O6. The highest BCUT2D eigenvalue weighted by Gasteiger charge is 2.37. The Balaban J connectivity index is 1.46. The SMILES string of the molecule is COC(=O)C1=C(C)N(Cc2ccccc2)C(=O)/C1=C/c1ccc(CNC(=O)C(=O)Nc2ccccc2)o1. The lowest BCUT2D eigenvalue weighted by Crippen LogP contribution is -2.34. The number of methoxy groups -OCH3 is 1. The summed E-state index contributed by atoms with van der Waals surface area (Å²) < 4.78 is 10.6. The summed E-state index contributed by atoms with van der Waals surface area (Å²) in [6, 6.07) is 21.3. The summed E-state index contributed by atoms with van der Waals surface area (Å²) in [7, 11) is 1.26. The minimum Gasteiger partial charge on any atom is -0.465 e. The molecule has 37 heavy (non-hydrogen) atoms. The number of allylic oxidation sites excluding steroid dienone is 1. The van der Waals surface area contributed by atoms with Gasteiger partial charge in [0, 0.05) is 11.4 Å². The van der Waals surface area contributed by atoms with Gasteiger partial charge in [-0.05, 0) is 42.8 Å². The fourth-order valence-corrected chi connectivity index (χ4v) is 3.85. The molecule has 0 aliphatic carbocycles. The molecule has 0 unspecified atom stereocenters. The maximum atomic E-state index is 13.3. The van der Waals surface area contributed by atoms with Gasteiger partial charge in [0.25, 0.3) is 5.91 Å². The lowest BCUT2D eigenvalue weighted by atomic mass is 10.1. The summed E-state index contributed by atoms with van der Waals surface area (Å²) in [5, 5.41) is 4.99. The Morgan fingerprint density at radius 3 is 2.30 bits per heavy atom. The maximum Gasteiger partial charge on any atom is 0.340 e. The molecule has 0 fully saturated rings. The van der Waals surface area contributed by atoms with Gasteiger partial charge in [-0.25, -0.2) is 4.79 Å². The van der Waals surface area contributed by atoms with Crippen LogP contribution in [-0.4, -0.2) is 35.7 Å². The molecule has 4 rings (SSSR count). The molecule has 0 saturated heterocycles. The van der Waals surface area contributed by atoms with E-state index in [0.29, 0.717) is 29.4 Å². The van der Waals surface area contributed by atoms with Crippen LogP contribution >= 0.6 is 0 Å². The lowest BCUT2D eigenvalue weighted by molar-refractivity contribution is -0.136. The highest BCUT2D eigenvalue weighted by molar-refractivity contribution is 6.39. The molecule has 0 atom stereocenters. The van der Waals surface area contributed by atoms with Crippen molar-refractivity contribution in [2.75, 3.05) is 12.4 Å². The van der Waals surface area contributed by atoms with Crippen LogP contribution in [0.1, 0.15) is 24.0 Å². The van der Waals surface area contributed by atoms with Crippen LogP contribution in [0.25, 0.3) is 6.08 Å². The average molecular weight is 500 g/mol. The van der Waals surface area contributed by atoms with Gasteiger partial charge in [0.15, 0.2) is 0 Å². The fourth-order valence-electron chi connectivity index (χ4n) is 3.85. The molecule has 188 valence electrons. The fraction of sp³-hybridized carbons (Fsp3) is 0.143. The van der Waals surface area contributed by atoms with Crippen LogP contribution < -0.4 is 10.6 Å². The van der Waals surface area contributed by atoms with Crippen molar-refractivity contribution in [1.29, 1.82) is 0 Å². The van der Waals surface area contributed by atoms with Crippen LogP contribution in [0.4, 0.5) is 5.69 Å². The van der Waals surface area contributed by atoms with Gasteiger partial charge in [0.2, 0.25) is 0 Å². The van der Waals surface area contributed by atoms with Crippen LogP contribution in [0.3, 0.4) is 0 Å². The summed E-state index contributed by atoms with van der Waals surface area (Å²) in [6.07, 6.45) is 1.47. The Morgan fingerprint density at radius 1 is 0.946 bits per heavy atom. The van der Waals surface area contributed by atoms with Crippen molar-refractivity contribution in [3.8, 4) is 0 Å². The third kappa shape index (κ3) is 5.84. The van der Waals surface area contributed by atoms with Gasteiger partial charge in [-0.1, -0.05) is 48.5 Å². The van der Waals surface area contributed by atoms with Gasteiger partial charge in [0.1, 0.15) is 11.5 Å². The number of para-hydroxylation sites is 1. The molecule has 1 aliphatic rings. The summed E-state index contributed by atoms with van der Waals surface area (Å²) in [6.45, 7) is 1.94. The number of benzene rings is 2. The molecule has 9 heteroatoms. The second kappa shape index (κ2) is 11.2. The van der Waals surface area contributed by atoms with E-state index >= 15 is 0 Å². The molecule has 2 N–H and O–H groups in total. The first-order valence-corrected chi connectivity index (χ1v) is 11.5. The Morgan fingerprint density at radius 2 is 1.62 bits per heavy atom. The number of hydrogen-bond donors (Lipinski definition) is 2. The van der Waals surface area contributed by atoms with Gasteiger partial charge >= 0.3 is 17.8 Å². The van der Waals surface area contributed by atoms with E-state index in [4.69, 9.17) is 9.15 Å². The third-order valence-electron chi connectivity index (χ3n) is 5.71. The topological polar surface area (TPSA) is 118 Å². The quantitative estimate of drug-likeness (QED) is 0.292. The smallest absolute Gasteiger partial charge is 0.340 e. The Labute approximate surface area is 213 Å². The number of carbonyl (C=O) groups excluding carboxylic acids is 4. The Hall–Kier alpha value is -4.92. The number of hydrogen-bond acceptors (Lipinski definition) is 6.